The minimum Gasteiger partial charge on any atom is -0.478 e. The number of piperazine rings is 1. The molecule has 0 spiro atoms. The number of carboxylic acids is 1. The average molecular weight is 290 g/mol. The van der Waals surface area contributed by atoms with Crippen LogP contribution in [0, 0.1) is 6.92 Å². The minimum absolute atomic E-state index is 0.812. The Morgan fingerprint density at radius 3 is 2.52 bits per heavy atom. The number of nitrogens with zero attached hydrogens (tertiary/aromatic N) is 4. The van der Waals surface area contributed by atoms with Crippen LogP contribution in [-0.4, -0.2) is 58.0 Å². The van der Waals surface area contributed by atoms with Gasteiger partial charge in [0.2, 0.25) is 0 Å². The van der Waals surface area contributed by atoms with Gasteiger partial charge in [-0.1, -0.05) is 0 Å². The van der Waals surface area contributed by atoms with Gasteiger partial charge in [-0.3, -0.25) is 9.58 Å². The lowest BCUT2D eigenvalue weighted by Gasteiger charge is -2.36. The first-order valence-corrected chi connectivity index (χ1v) is 7.50. The summed E-state index contributed by atoms with van der Waals surface area (Å²) < 4.78 is 1.86. The molecule has 6 heteroatoms. The Hall–Kier alpha value is -1.82. The number of carboxylic acid groups (broad SMARTS) is 1. The lowest BCUT2D eigenvalue weighted by Crippen LogP contribution is -2.48. The highest BCUT2D eigenvalue weighted by Crippen LogP contribution is 2.30. The van der Waals surface area contributed by atoms with Gasteiger partial charge >= 0.3 is 5.97 Å². The van der Waals surface area contributed by atoms with Gasteiger partial charge in [-0.25, -0.2) is 4.79 Å². The van der Waals surface area contributed by atoms with E-state index in [-0.39, 0.29) is 0 Å². The fourth-order valence-corrected chi connectivity index (χ4v) is 3.13. The fraction of sp³-hybridized carbons (Fsp3) is 0.600. The molecule has 1 saturated carbocycles. The number of carbonyl (C=O) groups is 1. The normalized spacial score (nSPS) is 20.4. The van der Waals surface area contributed by atoms with Gasteiger partial charge in [-0.05, 0) is 25.8 Å². The Bertz CT molecular complexity index is 566. The van der Waals surface area contributed by atoms with E-state index >= 15 is 0 Å². The van der Waals surface area contributed by atoms with Crippen molar-refractivity contribution in [3.8, 4) is 0 Å². The molecule has 2 aliphatic rings. The summed E-state index contributed by atoms with van der Waals surface area (Å²) in [6.07, 6.45) is 5.54. The van der Waals surface area contributed by atoms with Crippen molar-refractivity contribution in [2.75, 3.05) is 31.1 Å². The molecule has 0 radical (unpaired) electrons. The van der Waals surface area contributed by atoms with Crippen LogP contribution in [0.25, 0.3) is 6.08 Å². The van der Waals surface area contributed by atoms with Gasteiger partial charge in [-0.15, -0.1) is 0 Å². The van der Waals surface area contributed by atoms with E-state index < -0.39 is 5.97 Å². The molecule has 1 aliphatic heterocycles. The van der Waals surface area contributed by atoms with E-state index in [1.165, 1.54) is 18.9 Å². The number of rotatable bonds is 4. The summed E-state index contributed by atoms with van der Waals surface area (Å²) in [7, 11) is 1.92. The minimum atomic E-state index is -0.928. The molecule has 1 aliphatic carbocycles. The highest BCUT2D eigenvalue weighted by molar-refractivity contribution is 5.87. The predicted octanol–water partition coefficient (Wildman–Crippen LogP) is 1.11. The summed E-state index contributed by atoms with van der Waals surface area (Å²) in [6.45, 7) is 6.03. The lowest BCUT2D eigenvalue weighted by atomic mass is 10.2. The Balaban J connectivity index is 1.79. The molecule has 2 fully saturated rings. The van der Waals surface area contributed by atoms with E-state index in [1.54, 1.807) is 6.08 Å². The summed E-state index contributed by atoms with van der Waals surface area (Å²) in [6, 6.07) is 0.812. The van der Waals surface area contributed by atoms with E-state index in [1.807, 2.05) is 18.7 Å². The van der Waals surface area contributed by atoms with Gasteiger partial charge in [0.1, 0.15) is 5.82 Å². The molecule has 0 amide bonds. The fourth-order valence-electron chi connectivity index (χ4n) is 3.13. The van der Waals surface area contributed by atoms with Gasteiger partial charge in [-0.2, -0.15) is 5.10 Å². The number of hydrogen-bond donors (Lipinski definition) is 1. The lowest BCUT2D eigenvalue weighted by molar-refractivity contribution is -0.131. The molecule has 0 atom stereocenters. The third-order valence-corrected chi connectivity index (χ3v) is 4.31. The number of aromatic nitrogens is 2. The second kappa shape index (κ2) is 5.52. The molecule has 1 aromatic rings. The van der Waals surface area contributed by atoms with Crippen LogP contribution in [0.3, 0.4) is 0 Å². The molecule has 0 bridgehead atoms. The zero-order valence-corrected chi connectivity index (χ0v) is 12.6. The molecule has 0 unspecified atom stereocenters. The topological polar surface area (TPSA) is 61.6 Å². The molecule has 21 heavy (non-hydrogen) atoms. The van der Waals surface area contributed by atoms with Gasteiger partial charge in [0.15, 0.2) is 0 Å². The molecule has 6 nitrogen and oxygen atoms in total. The quantitative estimate of drug-likeness (QED) is 0.842. The summed E-state index contributed by atoms with van der Waals surface area (Å²) in [5.41, 5.74) is 1.79. The molecule has 1 saturated heterocycles. The number of anilines is 1. The van der Waals surface area contributed by atoms with Crippen LogP contribution >= 0.6 is 0 Å². The maximum Gasteiger partial charge on any atom is 0.328 e. The van der Waals surface area contributed by atoms with E-state index in [2.05, 4.69) is 14.9 Å². The molecule has 1 aromatic heterocycles. The molecule has 0 aromatic carbocycles. The standard InChI is InChI=1S/C15H22N4O2/c1-11-13(5-6-14(20)21)15(17(2)16-11)19-9-7-18(8-10-19)12-3-4-12/h5-6,12H,3-4,7-10H2,1-2H3,(H,20,21). The first-order chi connectivity index (χ1) is 10.1. The van der Waals surface area contributed by atoms with Crippen molar-refractivity contribution in [3.05, 3.63) is 17.3 Å². The van der Waals surface area contributed by atoms with Gasteiger partial charge in [0, 0.05) is 50.9 Å². The highest BCUT2D eigenvalue weighted by Gasteiger charge is 2.32. The van der Waals surface area contributed by atoms with Crippen LogP contribution in [-0.2, 0) is 11.8 Å². The largest absolute Gasteiger partial charge is 0.478 e. The van der Waals surface area contributed by atoms with Crippen molar-refractivity contribution < 1.29 is 9.90 Å². The van der Waals surface area contributed by atoms with E-state index in [4.69, 9.17) is 5.11 Å². The van der Waals surface area contributed by atoms with Crippen molar-refractivity contribution in [1.29, 1.82) is 0 Å². The third kappa shape index (κ3) is 2.95. The van der Waals surface area contributed by atoms with Crippen LogP contribution in [0.2, 0.25) is 0 Å². The van der Waals surface area contributed by atoms with Crippen molar-refractivity contribution in [3.63, 3.8) is 0 Å². The molecule has 114 valence electrons. The van der Waals surface area contributed by atoms with Crippen molar-refractivity contribution >= 4 is 17.9 Å². The smallest absolute Gasteiger partial charge is 0.328 e. The van der Waals surface area contributed by atoms with Crippen LogP contribution in [0.15, 0.2) is 6.08 Å². The Morgan fingerprint density at radius 1 is 1.29 bits per heavy atom. The van der Waals surface area contributed by atoms with Gasteiger partial charge in [0.05, 0.1) is 5.69 Å². The van der Waals surface area contributed by atoms with E-state index in [0.29, 0.717) is 0 Å². The zero-order valence-electron chi connectivity index (χ0n) is 12.6. The number of aliphatic carboxylic acids is 1. The van der Waals surface area contributed by atoms with E-state index in [0.717, 1.165) is 49.3 Å². The monoisotopic (exact) mass is 290 g/mol. The Morgan fingerprint density at radius 2 is 1.95 bits per heavy atom. The Labute approximate surface area is 124 Å². The van der Waals surface area contributed by atoms with Crippen LogP contribution in [0.4, 0.5) is 5.82 Å². The predicted molar refractivity (Wildman–Crippen MR) is 81.4 cm³/mol. The number of hydrogen-bond acceptors (Lipinski definition) is 4. The summed E-state index contributed by atoms with van der Waals surface area (Å²) in [5.74, 6) is 0.100. The zero-order chi connectivity index (χ0) is 15.0. The second-order valence-electron chi connectivity index (χ2n) is 5.87. The summed E-state index contributed by atoms with van der Waals surface area (Å²) in [4.78, 5) is 15.7. The third-order valence-electron chi connectivity index (χ3n) is 4.31. The van der Waals surface area contributed by atoms with Gasteiger partial charge in [0.25, 0.3) is 0 Å². The van der Waals surface area contributed by atoms with Gasteiger partial charge < -0.3 is 10.0 Å². The average Bonchev–Trinajstić information content (AvgIpc) is 3.23. The molecule has 2 heterocycles. The van der Waals surface area contributed by atoms with Crippen LogP contribution in [0.5, 0.6) is 0 Å². The summed E-state index contributed by atoms with van der Waals surface area (Å²) >= 11 is 0. The first-order valence-electron chi connectivity index (χ1n) is 7.50. The van der Waals surface area contributed by atoms with Crippen LogP contribution in [0.1, 0.15) is 24.1 Å². The molecule has 1 N–H and O–H groups in total. The Kier molecular flexibility index (Phi) is 3.71. The van der Waals surface area contributed by atoms with Crippen LogP contribution < -0.4 is 4.90 Å². The van der Waals surface area contributed by atoms with Crippen molar-refractivity contribution in [2.45, 2.75) is 25.8 Å². The van der Waals surface area contributed by atoms with E-state index in [9.17, 15) is 4.79 Å². The first kappa shape index (κ1) is 14.1. The van der Waals surface area contributed by atoms with Crippen molar-refractivity contribution in [2.24, 2.45) is 7.05 Å². The summed E-state index contributed by atoms with van der Waals surface area (Å²) in [5, 5.41) is 13.3. The van der Waals surface area contributed by atoms with Crippen molar-refractivity contribution in [1.82, 2.24) is 14.7 Å². The number of aryl methyl sites for hydroxylation is 2. The molecule has 3 rings (SSSR count). The highest BCUT2D eigenvalue weighted by atomic mass is 16.4. The maximum atomic E-state index is 10.8. The molecular weight excluding hydrogens is 268 g/mol. The SMILES string of the molecule is Cc1nn(C)c(N2CCN(C3CC3)CC2)c1C=CC(=O)O. The second-order valence-corrected chi connectivity index (χ2v) is 5.87. The molecular formula is C15H22N4O2. The maximum absolute atomic E-state index is 10.8.